The maximum Gasteiger partial charge on any atom is 0.331 e. The van der Waals surface area contributed by atoms with E-state index in [1.165, 1.54) is 6.08 Å². The van der Waals surface area contributed by atoms with Crippen molar-refractivity contribution in [3.63, 3.8) is 0 Å². The van der Waals surface area contributed by atoms with E-state index in [1.807, 2.05) is 19.1 Å². The molecule has 146 valence electrons. The third kappa shape index (κ3) is 5.50. The summed E-state index contributed by atoms with van der Waals surface area (Å²) in [5.41, 5.74) is 1.63. The molecule has 1 amide bonds. The molecule has 1 N–H and O–H groups in total. The number of amides is 1. The van der Waals surface area contributed by atoms with Crippen LogP contribution in [-0.2, 0) is 14.3 Å². The smallest absolute Gasteiger partial charge is 0.331 e. The summed E-state index contributed by atoms with van der Waals surface area (Å²) < 4.78 is 15.9. The molecule has 1 aliphatic rings. The van der Waals surface area contributed by atoms with Crippen molar-refractivity contribution in [1.82, 2.24) is 5.32 Å². The Balaban J connectivity index is 1.47. The van der Waals surface area contributed by atoms with Crippen LogP contribution >= 0.6 is 11.6 Å². The molecule has 0 fully saturated rings. The lowest BCUT2D eigenvalue weighted by Gasteiger charge is -2.18. The number of halogens is 1. The molecule has 0 radical (unpaired) electrons. The quantitative estimate of drug-likeness (QED) is 0.592. The molecule has 1 atom stereocenters. The van der Waals surface area contributed by atoms with Crippen molar-refractivity contribution in [3.8, 4) is 11.5 Å². The molecule has 28 heavy (non-hydrogen) atoms. The van der Waals surface area contributed by atoms with Gasteiger partial charge in [0.15, 0.2) is 18.1 Å². The molecule has 2 aromatic rings. The minimum atomic E-state index is -0.611. The number of carbonyl (C=O) groups excluding carboxylic acids is 2. The summed E-state index contributed by atoms with van der Waals surface area (Å²) in [7, 11) is 0. The second-order valence-electron chi connectivity index (χ2n) is 6.19. The van der Waals surface area contributed by atoms with E-state index in [-0.39, 0.29) is 12.6 Å². The molecule has 0 bridgehead atoms. The number of hydrogen-bond donors (Lipinski definition) is 1. The summed E-state index contributed by atoms with van der Waals surface area (Å²) in [6.45, 7) is 2.47. The van der Waals surface area contributed by atoms with Gasteiger partial charge in [-0.05, 0) is 48.4 Å². The van der Waals surface area contributed by atoms with E-state index in [0.717, 1.165) is 11.1 Å². The molecular formula is C21H20ClNO5. The molecule has 0 saturated carbocycles. The largest absolute Gasteiger partial charge is 0.486 e. The third-order valence-corrected chi connectivity index (χ3v) is 4.28. The molecule has 6 nitrogen and oxygen atoms in total. The van der Waals surface area contributed by atoms with Crippen LogP contribution in [0.1, 0.15) is 24.1 Å². The number of hydrogen-bond acceptors (Lipinski definition) is 5. The highest BCUT2D eigenvalue weighted by Crippen LogP contribution is 2.31. The van der Waals surface area contributed by atoms with Crippen LogP contribution in [0.2, 0.25) is 5.02 Å². The third-order valence-electron chi connectivity index (χ3n) is 4.05. The van der Waals surface area contributed by atoms with Crippen molar-refractivity contribution >= 4 is 29.6 Å². The number of esters is 1. The van der Waals surface area contributed by atoms with Gasteiger partial charge in [-0.25, -0.2) is 4.79 Å². The predicted molar refractivity (Wildman–Crippen MR) is 105 cm³/mol. The van der Waals surface area contributed by atoms with Crippen LogP contribution in [0.5, 0.6) is 11.5 Å². The highest BCUT2D eigenvalue weighted by atomic mass is 35.5. The summed E-state index contributed by atoms with van der Waals surface area (Å²) in [5.74, 6) is 0.307. The van der Waals surface area contributed by atoms with Crippen LogP contribution < -0.4 is 14.8 Å². The first kappa shape index (κ1) is 19.8. The van der Waals surface area contributed by atoms with Crippen molar-refractivity contribution in [2.24, 2.45) is 0 Å². The van der Waals surface area contributed by atoms with E-state index in [4.69, 9.17) is 25.8 Å². The van der Waals surface area contributed by atoms with Crippen LogP contribution in [0, 0.1) is 0 Å². The highest BCUT2D eigenvalue weighted by molar-refractivity contribution is 6.30. The molecule has 0 unspecified atom stereocenters. The molecule has 1 aliphatic heterocycles. The molecular weight excluding hydrogens is 382 g/mol. The Morgan fingerprint density at radius 1 is 1.18 bits per heavy atom. The van der Waals surface area contributed by atoms with Gasteiger partial charge in [0.1, 0.15) is 13.2 Å². The maximum absolute atomic E-state index is 12.0. The normalized spacial score (nSPS) is 13.8. The van der Waals surface area contributed by atoms with Gasteiger partial charge >= 0.3 is 5.97 Å². The van der Waals surface area contributed by atoms with Crippen molar-refractivity contribution in [1.29, 1.82) is 0 Å². The fourth-order valence-electron chi connectivity index (χ4n) is 2.66. The Bertz CT molecular complexity index is 896. The topological polar surface area (TPSA) is 73.9 Å². The van der Waals surface area contributed by atoms with Crippen molar-refractivity contribution in [2.75, 3.05) is 19.8 Å². The van der Waals surface area contributed by atoms with E-state index in [2.05, 4.69) is 5.32 Å². The van der Waals surface area contributed by atoms with E-state index >= 15 is 0 Å². The molecule has 0 aliphatic carbocycles. The standard InChI is InChI=1S/C21H20ClNO5/c1-14(16-3-2-4-17(22)12-16)23-20(24)13-28-21(25)8-6-15-5-7-18-19(11-15)27-10-9-26-18/h2-8,11-12,14H,9-10,13H2,1H3,(H,23,24)/b8-6+/t14-/m0/s1. The Morgan fingerprint density at radius 3 is 2.75 bits per heavy atom. The van der Waals surface area contributed by atoms with Crippen molar-refractivity contribution in [3.05, 3.63) is 64.7 Å². The zero-order valence-electron chi connectivity index (χ0n) is 15.3. The summed E-state index contributed by atoms with van der Waals surface area (Å²) in [6, 6.07) is 12.3. The number of fused-ring (bicyclic) bond motifs is 1. The average Bonchev–Trinajstić information content (AvgIpc) is 2.70. The predicted octanol–water partition coefficient (Wildman–Crippen LogP) is 3.55. The first-order valence-electron chi connectivity index (χ1n) is 8.80. The number of rotatable bonds is 6. The Labute approximate surface area is 168 Å². The molecule has 2 aromatic carbocycles. The lowest BCUT2D eigenvalue weighted by molar-refractivity contribution is -0.144. The van der Waals surface area contributed by atoms with Crippen molar-refractivity contribution < 1.29 is 23.8 Å². The number of carbonyl (C=O) groups is 2. The average molecular weight is 402 g/mol. The first-order chi connectivity index (χ1) is 13.5. The Kier molecular flexibility index (Phi) is 6.55. The molecule has 3 rings (SSSR count). The van der Waals surface area contributed by atoms with E-state index in [0.29, 0.717) is 29.7 Å². The summed E-state index contributed by atoms with van der Waals surface area (Å²) in [4.78, 5) is 23.8. The minimum Gasteiger partial charge on any atom is -0.486 e. The maximum atomic E-state index is 12.0. The van der Waals surface area contributed by atoms with Gasteiger partial charge in [-0.15, -0.1) is 0 Å². The molecule has 0 spiro atoms. The summed E-state index contributed by atoms with van der Waals surface area (Å²) in [6.07, 6.45) is 2.85. The van der Waals surface area contributed by atoms with Crippen molar-refractivity contribution in [2.45, 2.75) is 13.0 Å². The van der Waals surface area contributed by atoms with Crippen LogP contribution in [0.4, 0.5) is 0 Å². The SMILES string of the molecule is C[C@H](NC(=O)COC(=O)/C=C/c1ccc2c(c1)OCCO2)c1cccc(Cl)c1. The van der Waals surface area contributed by atoms with E-state index in [1.54, 1.807) is 36.4 Å². The lowest BCUT2D eigenvalue weighted by Crippen LogP contribution is -2.30. The lowest BCUT2D eigenvalue weighted by atomic mass is 10.1. The van der Waals surface area contributed by atoms with Crippen LogP contribution in [0.15, 0.2) is 48.5 Å². The van der Waals surface area contributed by atoms with Gasteiger partial charge in [-0.1, -0.05) is 29.8 Å². The van der Waals surface area contributed by atoms with Gasteiger partial charge in [-0.3, -0.25) is 4.79 Å². The van der Waals surface area contributed by atoms with Gasteiger partial charge in [0.25, 0.3) is 5.91 Å². The monoisotopic (exact) mass is 401 g/mol. The molecule has 0 aromatic heterocycles. The fraction of sp³-hybridized carbons (Fsp3) is 0.238. The Morgan fingerprint density at radius 2 is 1.96 bits per heavy atom. The van der Waals surface area contributed by atoms with E-state index in [9.17, 15) is 9.59 Å². The Hall–Kier alpha value is -2.99. The van der Waals surface area contributed by atoms with Gasteiger partial charge in [-0.2, -0.15) is 0 Å². The van der Waals surface area contributed by atoms with Crippen LogP contribution in [-0.4, -0.2) is 31.7 Å². The number of ether oxygens (including phenoxy) is 3. The summed E-state index contributed by atoms with van der Waals surface area (Å²) in [5, 5.41) is 3.35. The number of nitrogens with one attached hydrogen (secondary N) is 1. The van der Waals surface area contributed by atoms with Crippen LogP contribution in [0.25, 0.3) is 6.08 Å². The van der Waals surface area contributed by atoms with Crippen LogP contribution in [0.3, 0.4) is 0 Å². The summed E-state index contributed by atoms with van der Waals surface area (Å²) >= 11 is 5.95. The number of benzene rings is 2. The molecule has 0 saturated heterocycles. The zero-order chi connectivity index (χ0) is 19.9. The molecule has 7 heteroatoms. The zero-order valence-corrected chi connectivity index (χ0v) is 16.1. The fourth-order valence-corrected chi connectivity index (χ4v) is 2.85. The second kappa shape index (κ2) is 9.28. The van der Waals surface area contributed by atoms with E-state index < -0.39 is 11.9 Å². The first-order valence-corrected chi connectivity index (χ1v) is 9.18. The van der Waals surface area contributed by atoms with Gasteiger partial charge in [0.05, 0.1) is 6.04 Å². The van der Waals surface area contributed by atoms with Gasteiger partial charge < -0.3 is 19.5 Å². The highest BCUT2D eigenvalue weighted by Gasteiger charge is 2.12. The minimum absolute atomic E-state index is 0.252. The second-order valence-corrected chi connectivity index (χ2v) is 6.62. The van der Waals surface area contributed by atoms with Gasteiger partial charge in [0.2, 0.25) is 0 Å². The van der Waals surface area contributed by atoms with Gasteiger partial charge in [0, 0.05) is 11.1 Å². The molecule has 1 heterocycles.